The van der Waals surface area contributed by atoms with Gasteiger partial charge in [-0.2, -0.15) is 11.8 Å². The average molecular weight is 343 g/mol. The van der Waals surface area contributed by atoms with Gasteiger partial charge in [-0.05, 0) is 20.4 Å². The summed E-state index contributed by atoms with van der Waals surface area (Å²) >= 11 is 1.47. The van der Waals surface area contributed by atoms with Crippen LogP contribution in [-0.4, -0.2) is 61.6 Å². The second kappa shape index (κ2) is 12.8. The Morgan fingerprint density at radius 3 is 2.52 bits per heavy atom. The number of likely N-dealkylation sites (N-methyl/N-ethyl adjacent to an activating group) is 1. The number of nitrogens with one attached hydrogen (secondary N) is 3. The van der Waals surface area contributed by atoms with Crippen molar-refractivity contribution in [2.75, 3.05) is 25.1 Å². The number of hydrogen-bond donors (Lipinski definition) is 3. The van der Waals surface area contributed by atoms with Crippen LogP contribution in [0.3, 0.4) is 0 Å². The van der Waals surface area contributed by atoms with Crippen molar-refractivity contribution in [1.29, 1.82) is 0 Å². The fourth-order valence-electron chi connectivity index (χ4n) is 1.63. The van der Waals surface area contributed by atoms with Crippen molar-refractivity contribution >= 4 is 36.1 Å². The van der Waals surface area contributed by atoms with Crippen LogP contribution in [0, 0.1) is 0 Å². The highest BCUT2D eigenvalue weighted by Gasteiger charge is 2.20. The molecule has 0 aliphatic heterocycles. The van der Waals surface area contributed by atoms with E-state index in [1.54, 1.807) is 7.05 Å². The molecule has 0 fully saturated rings. The molecule has 0 saturated heterocycles. The summed E-state index contributed by atoms with van der Waals surface area (Å²) in [4.78, 5) is 45.0. The first-order valence-electron chi connectivity index (χ1n) is 7.30. The Labute approximate surface area is 141 Å². The van der Waals surface area contributed by atoms with E-state index < -0.39 is 11.9 Å². The summed E-state index contributed by atoms with van der Waals surface area (Å²) in [7, 11) is 1.64. The molecule has 0 heterocycles. The van der Waals surface area contributed by atoms with Gasteiger partial charge in [0.25, 0.3) is 0 Å². The molecule has 0 aromatic carbocycles. The number of aldehydes is 2. The summed E-state index contributed by atoms with van der Waals surface area (Å²) in [6.07, 6.45) is 1.81. The highest BCUT2D eigenvalue weighted by Crippen LogP contribution is 2.08. The van der Waals surface area contributed by atoms with Crippen LogP contribution in [0.5, 0.6) is 0 Å². The summed E-state index contributed by atoms with van der Waals surface area (Å²) in [5, 5.41) is 7.86. The highest BCUT2D eigenvalue weighted by molar-refractivity contribution is 7.99. The van der Waals surface area contributed by atoms with E-state index in [0.717, 1.165) is 11.9 Å². The number of carbonyl (C=O) groups excluding carboxylic acids is 4. The van der Waals surface area contributed by atoms with Crippen molar-refractivity contribution < 1.29 is 19.2 Å². The normalized spacial score (nSPS) is 12.8. The Morgan fingerprint density at radius 2 is 2.00 bits per heavy atom. The number of thioether (sulfide) groups is 1. The summed E-state index contributed by atoms with van der Waals surface area (Å²) in [5.74, 6) is 0.349. The molecule has 0 spiro atoms. The fraction of sp³-hybridized carbons (Fsp3) is 0.600. The maximum Gasteiger partial charge on any atom is 0.243 e. The van der Waals surface area contributed by atoms with Crippen molar-refractivity contribution in [3.05, 3.63) is 12.2 Å². The van der Waals surface area contributed by atoms with E-state index in [1.807, 2.05) is 6.92 Å². The van der Waals surface area contributed by atoms with E-state index >= 15 is 0 Å². The molecule has 8 heteroatoms. The molecule has 0 saturated carbocycles. The molecule has 0 aromatic rings. The van der Waals surface area contributed by atoms with Crippen LogP contribution in [-0.2, 0) is 19.2 Å². The van der Waals surface area contributed by atoms with Gasteiger partial charge in [0, 0.05) is 17.9 Å². The fourth-order valence-corrected chi connectivity index (χ4v) is 2.57. The van der Waals surface area contributed by atoms with Gasteiger partial charge >= 0.3 is 0 Å². The van der Waals surface area contributed by atoms with Crippen LogP contribution in [0.15, 0.2) is 12.2 Å². The lowest BCUT2D eigenvalue weighted by Gasteiger charge is -2.18. The molecule has 0 aliphatic carbocycles. The molecule has 0 aromatic heterocycles. The molecule has 0 unspecified atom stereocenters. The second-order valence-corrected chi connectivity index (χ2v) is 6.10. The minimum Gasteiger partial charge on any atom is -0.348 e. The lowest BCUT2D eigenvalue weighted by atomic mass is 10.1. The lowest BCUT2D eigenvalue weighted by Crippen LogP contribution is -2.49. The molecule has 0 aliphatic rings. The Kier molecular flexibility index (Phi) is 11.9. The summed E-state index contributed by atoms with van der Waals surface area (Å²) in [6.45, 7) is 5.57. The Morgan fingerprint density at radius 1 is 1.30 bits per heavy atom. The van der Waals surface area contributed by atoms with Crippen molar-refractivity contribution in [2.45, 2.75) is 31.8 Å². The first kappa shape index (κ1) is 21.3. The zero-order chi connectivity index (χ0) is 17.7. The van der Waals surface area contributed by atoms with Crippen molar-refractivity contribution in [3.8, 4) is 0 Å². The number of amides is 2. The third kappa shape index (κ3) is 10.6. The van der Waals surface area contributed by atoms with Crippen molar-refractivity contribution in [3.63, 3.8) is 0 Å². The molecular formula is C15H25N3O4S. The monoisotopic (exact) mass is 343 g/mol. The zero-order valence-electron chi connectivity index (χ0n) is 13.6. The van der Waals surface area contributed by atoms with Gasteiger partial charge in [-0.1, -0.05) is 12.2 Å². The standard InChI is InChI=1S/C15H25N3O4S/c1-11(2)9-23-10-13(15(22)17-6-7-19)18-14(21)5-4-12(8-20)16-3/h7-8,12-13,16H,1,4-6,9-10H2,2-3H3,(H,17,22)(H,18,21)/t12-,13-/m0/s1. The van der Waals surface area contributed by atoms with Crippen LogP contribution in [0.2, 0.25) is 0 Å². The molecule has 130 valence electrons. The summed E-state index contributed by atoms with van der Waals surface area (Å²) in [5.41, 5.74) is 0.969. The van der Waals surface area contributed by atoms with E-state index in [-0.39, 0.29) is 24.9 Å². The van der Waals surface area contributed by atoms with Gasteiger partial charge in [-0.3, -0.25) is 9.59 Å². The molecule has 7 nitrogen and oxygen atoms in total. The highest BCUT2D eigenvalue weighted by atomic mass is 32.2. The SMILES string of the molecule is C=C(C)CSC[C@H](NC(=O)CC[C@@H](C=O)NC)C(=O)NCC=O. The van der Waals surface area contributed by atoms with Gasteiger partial charge in [-0.15, -0.1) is 0 Å². The van der Waals surface area contributed by atoms with Crippen LogP contribution in [0.25, 0.3) is 0 Å². The average Bonchev–Trinajstić information content (AvgIpc) is 2.52. The van der Waals surface area contributed by atoms with Gasteiger partial charge < -0.3 is 25.5 Å². The van der Waals surface area contributed by atoms with Gasteiger partial charge in [0.15, 0.2) is 0 Å². The Balaban J connectivity index is 4.49. The van der Waals surface area contributed by atoms with E-state index in [4.69, 9.17) is 0 Å². The van der Waals surface area contributed by atoms with Gasteiger partial charge in [-0.25, -0.2) is 0 Å². The van der Waals surface area contributed by atoms with E-state index in [2.05, 4.69) is 22.5 Å². The Bertz CT molecular complexity index is 429. The molecule has 2 amide bonds. The first-order valence-corrected chi connectivity index (χ1v) is 8.45. The molecule has 2 atom stereocenters. The minimum atomic E-state index is -0.726. The predicted octanol–water partition coefficient (Wildman–Crippen LogP) is -0.337. The first-order chi connectivity index (χ1) is 10.9. The quantitative estimate of drug-likeness (QED) is 0.312. The summed E-state index contributed by atoms with van der Waals surface area (Å²) in [6, 6.07) is -1.11. The largest absolute Gasteiger partial charge is 0.348 e. The molecule has 0 radical (unpaired) electrons. The topological polar surface area (TPSA) is 104 Å². The van der Waals surface area contributed by atoms with Gasteiger partial charge in [0.1, 0.15) is 18.6 Å². The molecule has 23 heavy (non-hydrogen) atoms. The maximum atomic E-state index is 12.0. The smallest absolute Gasteiger partial charge is 0.243 e. The van der Waals surface area contributed by atoms with Crippen molar-refractivity contribution in [1.82, 2.24) is 16.0 Å². The third-order valence-corrected chi connectivity index (χ3v) is 4.13. The molecule has 0 bridgehead atoms. The number of hydrogen-bond acceptors (Lipinski definition) is 6. The predicted molar refractivity (Wildman–Crippen MR) is 91.3 cm³/mol. The maximum absolute atomic E-state index is 12.0. The second-order valence-electron chi connectivity index (χ2n) is 5.07. The third-order valence-electron chi connectivity index (χ3n) is 2.86. The van der Waals surface area contributed by atoms with Crippen LogP contribution in [0.1, 0.15) is 19.8 Å². The molecule has 0 rings (SSSR count). The van der Waals surface area contributed by atoms with Crippen LogP contribution in [0.4, 0.5) is 0 Å². The van der Waals surface area contributed by atoms with Gasteiger partial charge in [0.05, 0.1) is 12.6 Å². The van der Waals surface area contributed by atoms with Crippen LogP contribution >= 0.6 is 11.8 Å². The minimum absolute atomic E-state index is 0.0939. The number of carbonyl (C=O) groups is 4. The number of rotatable bonds is 13. The molecule has 3 N–H and O–H groups in total. The van der Waals surface area contributed by atoms with E-state index in [0.29, 0.717) is 24.2 Å². The van der Waals surface area contributed by atoms with Gasteiger partial charge in [0.2, 0.25) is 11.8 Å². The summed E-state index contributed by atoms with van der Waals surface area (Å²) < 4.78 is 0. The van der Waals surface area contributed by atoms with Crippen LogP contribution < -0.4 is 16.0 Å². The van der Waals surface area contributed by atoms with E-state index in [9.17, 15) is 19.2 Å². The lowest BCUT2D eigenvalue weighted by molar-refractivity contribution is -0.129. The Hall–Kier alpha value is -1.67. The molecular weight excluding hydrogens is 318 g/mol. The van der Waals surface area contributed by atoms with Crippen molar-refractivity contribution in [2.24, 2.45) is 0 Å². The van der Waals surface area contributed by atoms with E-state index in [1.165, 1.54) is 11.8 Å². The zero-order valence-corrected chi connectivity index (χ0v) is 14.4.